The number of aromatic nitrogens is 3. The summed E-state index contributed by atoms with van der Waals surface area (Å²) in [7, 11) is 1.62. The van der Waals surface area contributed by atoms with Gasteiger partial charge in [-0.15, -0.1) is 5.10 Å². The fraction of sp³-hybridized carbons (Fsp3) is 0.395. The standard InChI is InChI=1S/C38H43BrN4O4S/c1-24-32(35(44)47-29-14-10-7-11-15-29)33(43-36(40-24)41-37(42-43)48-23-26-12-8-6-9-13-26)27-20-30(39)34(31(21-27)45-5)46-22-25-16-18-28(19-17-25)38(2,3)4/h6,8-9,12-13,16-21,29,33H,7,10-11,14-15,22-23H2,1-5H3,(H,40,41,42). The zero-order valence-electron chi connectivity index (χ0n) is 28.2. The zero-order chi connectivity index (χ0) is 33.8. The number of halogens is 1. The topological polar surface area (TPSA) is 87.5 Å². The van der Waals surface area contributed by atoms with Crippen molar-refractivity contribution in [1.82, 2.24) is 14.8 Å². The highest BCUT2D eigenvalue weighted by Crippen LogP contribution is 2.44. The van der Waals surface area contributed by atoms with Gasteiger partial charge in [0.2, 0.25) is 11.1 Å². The summed E-state index contributed by atoms with van der Waals surface area (Å²) in [6.45, 7) is 8.88. The molecule has 0 bridgehead atoms. The van der Waals surface area contributed by atoms with E-state index in [9.17, 15) is 4.79 Å². The van der Waals surface area contributed by atoms with Crippen LogP contribution in [0.15, 0.2) is 87.6 Å². The van der Waals surface area contributed by atoms with Gasteiger partial charge >= 0.3 is 5.97 Å². The summed E-state index contributed by atoms with van der Waals surface area (Å²) in [6.07, 6.45) is 5.00. The van der Waals surface area contributed by atoms with E-state index in [1.165, 1.54) is 17.5 Å². The minimum Gasteiger partial charge on any atom is -0.493 e. The summed E-state index contributed by atoms with van der Waals surface area (Å²) < 4.78 is 20.8. The number of esters is 1. The second-order valence-electron chi connectivity index (χ2n) is 13.4. The molecule has 0 saturated heterocycles. The van der Waals surface area contributed by atoms with E-state index in [-0.39, 0.29) is 17.5 Å². The third-order valence-electron chi connectivity index (χ3n) is 8.86. The largest absolute Gasteiger partial charge is 0.493 e. The summed E-state index contributed by atoms with van der Waals surface area (Å²) >= 11 is 5.31. The van der Waals surface area contributed by atoms with Gasteiger partial charge in [0.1, 0.15) is 18.8 Å². The summed E-state index contributed by atoms with van der Waals surface area (Å²) in [6, 6.07) is 22.0. The second kappa shape index (κ2) is 14.8. The molecule has 1 aromatic heterocycles. The molecule has 1 N–H and O–H groups in total. The first kappa shape index (κ1) is 34.1. The van der Waals surface area contributed by atoms with Crippen LogP contribution in [0.3, 0.4) is 0 Å². The van der Waals surface area contributed by atoms with Crippen molar-refractivity contribution in [2.75, 3.05) is 12.4 Å². The average molecular weight is 732 g/mol. The van der Waals surface area contributed by atoms with Gasteiger partial charge in [0, 0.05) is 11.4 Å². The predicted molar refractivity (Wildman–Crippen MR) is 194 cm³/mol. The highest BCUT2D eigenvalue weighted by atomic mass is 79.9. The molecule has 3 aromatic carbocycles. The summed E-state index contributed by atoms with van der Waals surface area (Å²) in [5.41, 5.74) is 5.57. The molecule has 0 spiro atoms. The predicted octanol–water partition coefficient (Wildman–Crippen LogP) is 9.38. The minimum atomic E-state index is -0.597. The third kappa shape index (κ3) is 7.76. The molecule has 4 aromatic rings. The summed E-state index contributed by atoms with van der Waals surface area (Å²) in [4.78, 5) is 18.8. The van der Waals surface area contributed by atoms with E-state index in [1.807, 2.05) is 37.3 Å². The molecule has 2 aliphatic rings. The molecule has 252 valence electrons. The van der Waals surface area contributed by atoms with Gasteiger partial charge in [-0.1, -0.05) is 93.6 Å². The number of rotatable bonds is 10. The number of allylic oxidation sites excluding steroid dienone is 1. The van der Waals surface area contributed by atoms with Crippen molar-refractivity contribution >= 4 is 39.6 Å². The van der Waals surface area contributed by atoms with Crippen LogP contribution in [-0.2, 0) is 27.3 Å². The lowest BCUT2D eigenvalue weighted by Gasteiger charge is -2.30. The Morgan fingerprint density at radius 3 is 2.44 bits per heavy atom. The lowest BCUT2D eigenvalue weighted by atomic mass is 9.87. The molecule has 0 amide bonds. The molecule has 2 heterocycles. The number of thioether (sulfide) groups is 1. The van der Waals surface area contributed by atoms with Gasteiger partial charge in [0.15, 0.2) is 11.5 Å². The van der Waals surface area contributed by atoms with Crippen molar-refractivity contribution in [3.63, 3.8) is 0 Å². The van der Waals surface area contributed by atoms with Crippen LogP contribution in [0, 0.1) is 0 Å². The number of nitrogens with one attached hydrogen (secondary N) is 1. The Morgan fingerprint density at radius 2 is 1.75 bits per heavy atom. The Hall–Kier alpha value is -3.76. The van der Waals surface area contributed by atoms with Crippen molar-refractivity contribution in [2.24, 2.45) is 0 Å². The molecule has 1 aliphatic carbocycles. The summed E-state index contributed by atoms with van der Waals surface area (Å²) in [5.74, 6) is 2.08. The molecule has 1 atom stereocenters. The molecular weight excluding hydrogens is 688 g/mol. The van der Waals surface area contributed by atoms with Crippen molar-refractivity contribution in [2.45, 2.75) is 94.9 Å². The van der Waals surface area contributed by atoms with Crippen LogP contribution in [0.4, 0.5) is 5.95 Å². The lowest BCUT2D eigenvalue weighted by molar-refractivity contribution is -0.146. The average Bonchev–Trinajstić information content (AvgIpc) is 3.48. The molecule has 10 heteroatoms. The minimum absolute atomic E-state index is 0.0793. The first-order chi connectivity index (χ1) is 23.1. The third-order valence-corrected chi connectivity index (χ3v) is 10.4. The Bertz CT molecular complexity index is 1780. The van der Waals surface area contributed by atoms with Crippen LogP contribution in [-0.4, -0.2) is 33.9 Å². The normalized spacial score (nSPS) is 16.7. The van der Waals surface area contributed by atoms with Crippen molar-refractivity contribution < 1.29 is 19.0 Å². The lowest BCUT2D eigenvalue weighted by Crippen LogP contribution is -2.32. The zero-order valence-corrected chi connectivity index (χ0v) is 30.6. The van der Waals surface area contributed by atoms with E-state index < -0.39 is 6.04 Å². The number of carbonyl (C=O) groups excluding carboxylic acids is 1. The number of hydrogen-bond donors (Lipinski definition) is 1. The Kier molecular flexibility index (Phi) is 10.5. The number of hydrogen-bond acceptors (Lipinski definition) is 8. The number of carbonyl (C=O) groups is 1. The van der Waals surface area contributed by atoms with E-state index in [2.05, 4.69) is 78.4 Å². The number of methoxy groups -OCH3 is 1. The van der Waals surface area contributed by atoms with Gasteiger partial charge in [-0.05, 0) is 88.3 Å². The van der Waals surface area contributed by atoms with Crippen LogP contribution < -0.4 is 14.8 Å². The van der Waals surface area contributed by atoms with Crippen LogP contribution >= 0.6 is 27.7 Å². The van der Waals surface area contributed by atoms with Crippen molar-refractivity contribution in [3.8, 4) is 11.5 Å². The number of ether oxygens (including phenoxy) is 3. The SMILES string of the molecule is COc1cc(C2C(C(=O)OC3CCCCC3)=C(C)Nc3nc(SCc4ccccc4)nn32)cc(Br)c1OCc1ccc(C(C)(C)C)cc1. The first-order valence-electron chi connectivity index (χ1n) is 16.5. The summed E-state index contributed by atoms with van der Waals surface area (Å²) in [5, 5.41) is 8.88. The number of nitrogens with zero attached hydrogens (tertiary/aromatic N) is 3. The molecule has 1 unspecified atom stereocenters. The molecule has 6 rings (SSSR count). The maximum Gasteiger partial charge on any atom is 0.338 e. The van der Waals surface area contributed by atoms with E-state index in [1.54, 1.807) is 23.6 Å². The van der Waals surface area contributed by atoms with E-state index in [0.717, 1.165) is 42.6 Å². The molecule has 8 nitrogen and oxygen atoms in total. The number of anilines is 1. The molecule has 48 heavy (non-hydrogen) atoms. The van der Waals surface area contributed by atoms with Gasteiger partial charge in [-0.2, -0.15) is 4.98 Å². The van der Waals surface area contributed by atoms with Gasteiger partial charge < -0.3 is 19.5 Å². The highest BCUT2D eigenvalue weighted by molar-refractivity contribution is 9.10. The van der Waals surface area contributed by atoms with E-state index in [4.69, 9.17) is 24.3 Å². The fourth-order valence-corrected chi connectivity index (χ4v) is 7.54. The quantitative estimate of drug-likeness (QED) is 0.128. The van der Waals surface area contributed by atoms with Crippen LogP contribution in [0.2, 0.25) is 0 Å². The molecule has 1 aliphatic heterocycles. The fourth-order valence-electron chi connectivity index (χ4n) is 6.18. The molecule has 1 saturated carbocycles. The van der Waals surface area contributed by atoms with Crippen molar-refractivity contribution in [3.05, 3.63) is 105 Å². The van der Waals surface area contributed by atoms with E-state index in [0.29, 0.717) is 45.0 Å². The number of fused-ring (bicyclic) bond motifs is 1. The maximum absolute atomic E-state index is 14.0. The van der Waals surface area contributed by atoms with Gasteiger partial charge in [0.05, 0.1) is 17.2 Å². The van der Waals surface area contributed by atoms with Crippen LogP contribution in [0.25, 0.3) is 0 Å². The molecule has 0 radical (unpaired) electrons. The maximum atomic E-state index is 14.0. The second-order valence-corrected chi connectivity index (χ2v) is 15.2. The van der Waals surface area contributed by atoms with Crippen LogP contribution in [0.1, 0.15) is 88.1 Å². The number of benzene rings is 3. The Balaban J connectivity index is 1.32. The molecular formula is C38H43BrN4O4S. The van der Waals surface area contributed by atoms with Crippen molar-refractivity contribution in [1.29, 1.82) is 0 Å². The monoisotopic (exact) mass is 730 g/mol. The van der Waals surface area contributed by atoms with E-state index >= 15 is 0 Å². The van der Waals surface area contributed by atoms with Gasteiger partial charge in [-0.25, -0.2) is 9.48 Å². The van der Waals surface area contributed by atoms with Gasteiger partial charge in [-0.3, -0.25) is 0 Å². The first-order valence-corrected chi connectivity index (χ1v) is 18.3. The smallest absolute Gasteiger partial charge is 0.338 e. The Morgan fingerprint density at radius 1 is 1.02 bits per heavy atom. The van der Waals surface area contributed by atoms with Gasteiger partial charge in [0.25, 0.3) is 0 Å². The van der Waals surface area contributed by atoms with Crippen LogP contribution in [0.5, 0.6) is 11.5 Å². The highest BCUT2D eigenvalue weighted by Gasteiger charge is 2.37. The Labute approximate surface area is 295 Å². The molecule has 1 fully saturated rings.